The maximum absolute atomic E-state index is 12.4. The third-order valence-corrected chi connectivity index (χ3v) is 5.63. The molecule has 0 bridgehead atoms. The fourth-order valence-corrected chi connectivity index (χ4v) is 4.34. The Morgan fingerprint density at radius 3 is 2.75 bits per heavy atom. The fraction of sp³-hybridized carbons (Fsp3) is 0.545. The lowest BCUT2D eigenvalue weighted by Gasteiger charge is -2.44. The SMILES string of the molecule is CCOCC(=O)N1CCC2(CC1)Oc1ccccc1-c1ncn(CC(C)C)c12. The van der Waals surface area contributed by atoms with E-state index < -0.39 is 5.60 Å². The zero-order valence-corrected chi connectivity index (χ0v) is 17.0. The molecule has 3 heterocycles. The molecule has 0 N–H and O–H groups in total. The van der Waals surface area contributed by atoms with E-state index in [1.807, 2.05) is 36.4 Å². The zero-order chi connectivity index (χ0) is 19.7. The van der Waals surface area contributed by atoms with Crippen molar-refractivity contribution in [3.05, 3.63) is 36.3 Å². The molecule has 2 aliphatic rings. The number of carbonyl (C=O) groups is 1. The molecule has 1 fully saturated rings. The molecule has 2 aliphatic heterocycles. The minimum atomic E-state index is -0.433. The van der Waals surface area contributed by atoms with Gasteiger partial charge < -0.3 is 18.9 Å². The van der Waals surface area contributed by atoms with Crippen molar-refractivity contribution in [2.24, 2.45) is 5.92 Å². The highest BCUT2D eigenvalue weighted by atomic mass is 16.5. The van der Waals surface area contributed by atoms with Crippen molar-refractivity contribution in [1.29, 1.82) is 0 Å². The average Bonchev–Trinajstić information content (AvgIpc) is 3.11. The van der Waals surface area contributed by atoms with Crippen molar-refractivity contribution in [3.63, 3.8) is 0 Å². The first-order chi connectivity index (χ1) is 13.5. The Labute approximate surface area is 166 Å². The predicted octanol–water partition coefficient (Wildman–Crippen LogP) is 3.45. The van der Waals surface area contributed by atoms with Gasteiger partial charge in [0.05, 0.1) is 17.7 Å². The van der Waals surface area contributed by atoms with Crippen LogP contribution in [0.4, 0.5) is 0 Å². The fourth-order valence-electron chi connectivity index (χ4n) is 4.34. The summed E-state index contributed by atoms with van der Waals surface area (Å²) in [4.78, 5) is 19.1. The van der Waals surface area contributed by atoms with Crippen LogP contribution in [-0.4, -0.2) is 46.7 Å². The van der Waals surface area contributed by atoms with Gasteiger partial charge in [-0.3, -0.25) is 4.79 Å². The van der Waals surface area contributed by atoms with Crippen LogP contribution in [-0.2, 0) is 21.7 Å². The van der Waals surface area contributed by atoms with Gasteiger partial charge in [-0.1, -0.05) is 26.0 Å². The summed E-state index contributed by atoms with van der Waals surface area (Å²) in [5.74, 6) is 1.46. The van der Waals surface area contributed by atoms with Crippen molar-refractivity contribution in [2.45, 2.75) is 45.8 Å². The van der Waals surface area contributed by atoms with Crippen LogP contribution in [0.25, 0.3) is 11.3 Å². The van der Waals surface area contributed by atoms with E-state index in [0.717, 1.165) is 42.1 Å². The van der Waals surface area contributed by atoms with Crippen molar-refractivity contribution in [1.82, 2.24) is 14.5 Å². The van der Waals surface area contributed by atoms with Gasteiger partial charge in [0.1, 0.15) is 12.4 Å². The molecular formula is C22H29N3O3. The summed E-state index contributed by atoms with van der Waals surface area (Å²) in [6.07, 6.45) is 3.47. The van der Waals surface area contributed by atoms with Gasteiger partial charge in [-0.15, -0.1) is 0 Å². The number of para-hydroxylation sites is 1. The van der Waals surface area contributed by atoms with Crippen molar-refractivity contribution in [3.8, 4) is 17.0 Å². The third-order valence-electron chi connectivity index (χ3n) is 5.63. The zero-order valence-electron chi connectivity index (χ0n) is 17.0. The van der Waals surface area contributed by atoms with Crippen LogP contribution in [0, 0.1) is 5.92 Å². The number of nitrogens with zero attached hydrogens (tertiary/aromatic N) is 3. The second-order valence-corrected chi connectivity index (χ2v) is 8.10. The predicted molar refractivity (Wildman–Crippen MR) is 107 cm³/mol. The summed E-state index contributed by atoms with van der Waals surface area (Å²) >= 11 is 0. The smallest absolute Gasteiger partial charge is 0.248 e. The summed E-state index contributed by atoms with van der Waals surface area (Å²) in [7, 11) is 0. The molecule has 1 spiro atoms. The molecule has 1 aromatic carbocycles. The number of rotatable bonds is 5. The number of hydrogen-bond donors (Lipinski definition) is 0. The molecule has 150 valence electrons. The summed E-state index contributed by atoms with van der Waals surface area (Å²) in [5, 5.41) is 0. The Balaban J connectivity index is 1.66. The molecule has 1 saturated heterocycles. The number of hydrogen-bond acceptors (Lipinski definition) is 4. The Kier molecular flexibility index (Phi) is 5.15. The van der Waals surface area contributed by atoms with Crippen LogP contribution < -0.4 is 4.74 Å². The van der Waals surface area contributed by atoms with Gasteiger partial charge in [-0.25, -0.2) is 4.98 Å². The van der Waals surface area contributed by atoms with Gasteiger partial charge in [0.2, 0.25) is 5.91 Å². The number of piperidine rings is 1. The highest BCUT2D eigenvalue weighted by molar-refractivity contribution is 5.78. The summed E-state index contributed by atoms with van der Waals surface area (Å²) in [6.45, 7) is 9.29. The van der Waals surface area contributed by atoms with Gasteiger partial charge in [0, 0.05) is 44.6 Å². The minimum absolute atomic E-state index is 0.0591. The van der Waals surface area contributed by atoms with Crippen LogP contribution in [0.15, 0.2) is 30.6 Å². The first kappa shape index (κ1) is 19.0. The number of aromatic nitrogens is 2. The number of fused-ring (bicyclic) bond motifs is 4. The summed E-state index contributed by atoms with van der Waals surface area (Å²) in [6, 6.07) is 8.13. The molecule has 2 aromatic rings. The number of carbonyl (C=O) groups excluding carboxylic acids is 1. The maximum Gasteiger partial charge on any atom is 0.248 e. The Bertz CT molecular complexity index is 850. The monoisotopic (exact) mass is 383 g/mol. The molecule has 1 amide bonds. The van der Waals surface area contributed by atoms with Gasteiger partial charge >= 0.3 is 0 Å². The number of ether oxygens (including phenoxy) is 2. The Hall–Kier alpha value is -2.34. The highest BCUT2D eigenvalue weighted by Gasteiger charge is 2.47. The molecule has 6 heteroatoms. The quantitative estimate of drug-likeness (QED) is 0.794. The molecule has 0 radical (unpaired) electrons. The second-order valence-electron chi connectivity index (χ2n) is 8.10. The van der Waals surface area contributed by atoms with E-state index in [-0.39, 0.29) is 12.5 Å². The van der Waals surface area contributed by atoms with Crippen LogP contribution >= 0.6 is 0 Å². The largest absolute Gasteiger partial charge is 0.480 e. The summed E-state index contributed by atoms with van der Waals surface area (Å²) < 4.78 is 14.2. The van der Waals surface area contributed by atoms with Crippen LogP contribution in [0.5, 0.6) is 5.75 Å². The van der Waals surface area contributed by atoms with E-state index in [1.165, 1.54) is 0 Å². The lowest BCUT2D eigenvalue weighted by molar-refractivity contribution is -0.140. The first-order valence-corrected chi connectivity index (χ1v) is 10.2. The number of likely N-dealkylation sites (tertiary alicyclic amines) is 1. The van der Waals surface area contributed by atoms with Crippen LogP contribution in [0.2, 0.25) is 0 Å². The van der Waals surface area contributed by atoms with Gasteiger partial charge in [-0.2, -0.15) is 0 Å². The number of benzene rings is 1. The maximum atomic E-state index is 12.4. The second kappa shape index (κ2) is 7.59. The van der Waals surface area contributed by atoms with E-state index in [1.54, 1.807) is 0 Å². The molecule has 0 atom stereocenters. The van der Waals surface area contributed by atoms with E-state index in [0.29, 0.717) is 25.6 Å². The van der Waals surface area contributed by atoms with Gasteiger partial charge in [0.25, 0.3) is 0 Å². The average molecular weight is 383 g/mol. The lowest BCUT2D eigenvalue weighted by atomic mass is 9.83. The highest BCUT2D eigenvalue weighted by Crippen LogP contribution is 2.49. The van der Waals surface area contributed by atoms with E-state index in [2.05, 4.69) is 24.5 Å². The summed E-state index contributed by atoms with van der Waals surface area (Å²) in [5.41, 5.74) is 2.81. The standard InChI is InChI=1S/C22H29N3O3/c1-4-27-14-19(26)24-11-9-22(10-12-24)21-20(23-15-25(21)13-16(2)3)17-7-5-6-8-18(17)28-22/h5-8,15-16H,4,9-14H2,1-3H3. The van der Waals surface area contributed by atoms with Crippen molar-refractivity contribution in [2.75, 3.05) is 26.3 Å². The molecule has 0 unspecified atom stereocenters. The molecule has 1 aromatic heterocycles. The molecule has 0 aliphatic carbocycles. The Morgan fingerprint density at radius 2 is 2.04 bits per heavy atom. The van der Waals surface area contributed by atoms with E-state index in [9.17, 15) is 4.79 Å². The van der Waals surface area contributed by atoms with E-state index in [4.69, 9.17) is 14.5 Å². The van der Waals surface area contributed by atoms with Crippen molar-refractivity contribution < 1.29 is 14.3 Å². The molecule has 28 heavy (non-hydrogen) atoms. The lowest BCUT2D eigenvalue weighted by Crippen LogP contribution is -2.50. The van der Waals surface area contributed by atoms with Crippen molar-refractivity contribution >= 4 is 5.91 Å². The Morgan fingerprint density at radius 1 is 1.29 bits per heavy atom. The normalized spacial score (nSPS) is 17.4. The first-order valence-electron chi connectivity index (χ1n) is 10.2. The molecule has 4 rings (SSSR count). The topological polar surface area (TPSA) is 56.6 Å². The van der Waals surface area contributed by atoms with Gasteiger partial charge in [-0.05, 0) is 25.0 Å². The van der Waals surface area contributed by atoms with Gasteiger partial charge in [0.15, 0.2) is 5.60 Å². The number of imidazole rings is 1. The number of amides is 1. The third kappa shape index (κ3) is 3.30. The molecule has 6 nitrogen and oxygen atoms in total. The molecular weight excluding hydrogens is 354 g/mol. The van der Waals surface area contributed by atoms with Crippen LogP contribution in [0.1, 0.15) is 39.3 Å². The van der Waals surface area contributed by atoms with Crippen LogP contribution in [0.3, 0.4) is 0 Å². The molecule has 0 saturated carbocycles. The van der Waals surface area contributed by atoms with E-state index >= 15 is 0 Å². The minimum Gasteiger partial charge on any atom is -0.480 e.